The molecule has 0 radical (unpaired) electrons. The summed E-state index contributed by atoms with van der Waals surface area (Å²) >= 11 is 8.53. The molecule has 2 bridgehead atoms. The zero-order valence-electron chi connectivity index (χ0n) is 24.7. The molecule has 3 aliphatic heterocycles. The van der Waals surface area contributed by atoms with Crippen LogP contribution in [0.3, 0.4) is 0 Å². The Morgan fingerprint density at radius 3 is 2.66 bits per heavy atom. The predicted molar refractivity (Wildman–Crippen MR) is 171 cm³/mol. The third-order valence-corrected chi connectivity index (χ3v) is 10.2. The second-order valence-corrected chi connectivity index (χ2v) is 14.6. The summed E-state index contributed by atoms with van der Waals surface area (Å²) in [5, 5.41) is 0.444. The average Bonchev–Trinajstić information content (AvgIpc) is 3.74. The van der Waals surface area contributed by atoms with Gasteiger partial charge in [-0.3, -0.25) is 32.8 Å². The molecule has 0 spiro atoms. The van der Waals surface area contributed by atoms with Crippen LogP contribution in [-0.4, -0.2) is 84.5 Å². The number of thiol groups is 2. The Balaban J connectivity index is 1.18. The molecule has 17 nitrogen and oxygen atoms in total. The number of nitrogens with one attached hydrogen (secondary N) is 1. The van der Waals surface area contributed by atoms with Crippen molar-refractivity contribution in [2.24, 2.45) is 0 Å². The van der Waals surface area contributed by atoms with Gasteiger partial charge in [0, 0.05) is 18.6 Å². The van der Waals surface area contributed by atoms with Crippen LogP contribution in [0.25, 0.3) is 22.1 Å². The topological polar surface area (TPSA) is 214 Å². The number of aryl methyl sites for hydroxylation is 1. The number of carbonyl (C=O) groups excluding carboxylic acids is 1. The number of aromatic nitrogens is 6. The van der Waals surface area contributed by atoms with E-state index in [1.54, 1.807) is 6.07 Å². The summed E-state index contributed by atoms with van der Waals surface area (Å²) in [5.74, 6) is -0.873. The van der Waals surface area contributed by atoms with E-state index in [1.807, 2.05) is 19.1 Å². The van der Waals surface area contributed by atoms with E-state index in [-0.39, 0.29) is 54.5 Å². The summed E-state index contributed by atoms with van der Waals surface area (Å²) in [5.41, 5.74) is 6.27. The fourth-order valence-electron chi connectivity index (χ4n) is 6.03. The van der Waals surface area contributed by atoms with Crippen LogP contribution in [0.15, 0.2) is 40.4 Å². The van der Waals surface area contributed by atoms with E-state index in [1.165, 1.54) is 21.8 Å². The maximum absolute atomic E-state index is 13.6. The number of nitrogens with zero attached hydrogens (tertiary/aromatic N) is 5. The first-order chi connectivity index (χ1) is 22.5. The SMILES string of the molecule is Cc1cccc2ncn([C@H]3C[C@@H]4OC(CS)C(=O)OC[C@@H]5CC(OP(=O)(S)OCC4O3)[C@H](n3cnc4c(=O)[nH]c(N)nc43)O5)c(=O)c12. The van der Waals surface area contributed by atoms with E-state index in [0.717, 1.165) is 5.56 Å². The molecule has 4 unspecified atom stereocenters. The van der Waals surface area contributed by atoms with Crippen molar-refractivity contribution in [1.82, 2.24) is 29.1 Å². The summed E-state index contributed by atoms with van der Waals surface area (Å²) in [6.07, 6.45) is -3.50. The molecule has 3 saturated heterocycles. The van der Waals surface area contributed by atoms with Gasteiger partial charge in [-0.25, -0.2) is 19.3 Å². The molecule has 250 valence electrons. The van der Waals surface area contributed by atoms with Crippen LogP contribution in [0.4, 0.5) is 5.95 Å². The average molecular weight is 708 g/mol. The fourth-order valence-corrected chi connectivity index (χ4v) is 7.75. The molecule has 3 fully saturated rings. The number of cyclic esters (lactones) is 1. The second kappa shape index (κ2) is 12.6. The molecular weight excluding hydrogens is 677 g/mol. The first-order valence-corrected chi connectivity index (χ1v) is 17.9. The molecule has 20 heteroatoms. The number of aromatic amines is 1. The molecule has 3 N–H and O–H groups in total. The monoisotopic (exact) mass is 707 g/mol. The quantitative estimate of drug-likeness (QED) is 0.136. The van der Waals surface area contributed by atoms with Gasteiger partial charge in [0.15, 0.2) is 23.5 Å². The molecule has 0 amide bonds. The van der Waals surface area contributed by atoms with Gasteiger partial charge in [-0.2, -0.15) is 17.6 Å². The summed E-state index contributed by atoms with van der Waals surface area (Å²) in [6.45, 7) is -2.86. The Hall–Kier alpha value is -3.29. The minimum absolute atomic E-state index is 0.00347. The van der Waals surface area contributed by atoms with E-state index in [9.17, 15) is 18.9 Å². The fraction of sp³-hybridized carbons (Fsp3) is 0.481. The van der Waals surface area contributed by atoms with Gasteiger partial charge >= 0.3 is 12.8 Å². The van der Waals surface area contributed by atoms with E-state index in [0.29, 0.717) is 10.9 Å². The normalized spacial score (nSPS) is 31.9. The number of nitrogen functional groups attached to an aromatic ring is 1. The highest BCUT2D eigenvalue weighted by Crippen LogP contribution is 2.57. The third kappa shape index (κ3) is 6.22. The second-order valence-electron chi connectivity index (χ2n) is 11.3. The van der Waals surface area contributed by atoms with Gasteiger partial charge in [-0.15, -0.1) is 0 Å². The number of anilines is 1. The number of esters is 1. The van der Waals surface area contributed by atoms with Gasteiger partial charge in [0.25, 0.3) is 11.1 Å². The highest BCUT2D eigenvalue weighted by atomic mass is 32.7. The van der Waals surface area contributed by atoms with Crippen LogP contribution in [-0.2, 0) is 37.4 Å². The summed E-state index contributed by atoms with van der Waals surface area (Å²) in [6, 6.07) is 5.38. The highest BCUT2D eigenvalue weighted by molar-refractivity contribution is 8.44. The zero-order valence-corrected chi connectivity index (χ0v) is 27.4. The van der Waals surface area contributed by atoms with Gasteiger partial charge in [0.05, 0.1) is 36.0 Å². The maximum Gasteiger partial charge on any atom is 0.386 e. The molecule has 7 rings (SSSR count). The van der Waals surface area contributed by atoms with Gasteiger partial charge in [0.1, 0.15) is 31.4 Å². The number of rotatable bonds is 3. The van der Waals surface area contributed by atoms with Gasteiger partial charge < -0.3 is 24.7 Å². The number of hydrogen-bond donors (Lipinski definition) is 4. The van der Waals surface area contributed by atoms with E-state index in [2.05, 4.69) is 44.8 Å². The van der Waals surface area contributed by atoms with E-state index in [4.69, 9.17) is 33.7 Å². The zero-order chi connectivity index (χ0) is 33.0. The summed E-state index contributed by atoms with van der Waals surface area (Å²) in [4.78, 5) is 54.2. The van der Waals surface area contributed by atoms with Gasteiger partial charge in [-0.1, -0.05) is 24.4 Å². The minimum atomic E-state index is -4.12. The largest absolute Gasteiger partial charge is 0.461 e. The molecule has 8 atom stereocenters. The lowest BCUT2D eigenvalue weighted by Gasteiger charge is -2.26. The molecule has 6 heterocycles. The van der Waals surface area contributed by atoms with Crippen LogP contribution >= 0.6 is 31.7 Å². The van der Waals surface area contributed by atoms with Gasteiger partial charge in [0.2, 0.25) is 5.95 Å². The van der Waals surface area contributed by atoms with Crippen LogP contribution in [0.1, 0.15) is 30.9 Å². The molecule has 0 aliphatic carbocycles. The van der Waals surface area contributed by atoms with Crippen molar-refractivity contribution in [2.75, 3.05) is 24.7 Å². The van der Waals surface area contributed by atoms with Crippen LogP contribution in [0, 0.1) is 6.92 Å². The number of imidazole rings is 1. The predicted octanol–water partition coefficient (Wildman–Crippen LogP) is 1.68. The lowest BCUT2D eigenvalue weighted by molar-refractivity contribution is -0.165. The number of fused-ring (bicyclic) bond motifs is 5. The Kier molecular flexibility index (Phi) is 8.67. The molecule has 47 heavy (non-hydrogen) atoms. The number of hydrogen-bond acceptors (Lipinski definition) is 15. The minimum Gasteiger partial charge on any atom is -0.461 e. The first-order valence-electron chi connectivity index (χ1n) is 14.6. The third-order valence-electron chi connectivity index (χ3n) is 8.23. The molecule has 1 aromatic carbocycles. The van der Waals surface area contributed by atoms with E-state index >= 15 is 0 Å². The molecule has 4 aromatic rings. The van der Waals surface area contributed by atoms with Gasteiger partial charge in [-0.05, 0) is 18.6 Å². The van der Waals surface area contributed by atoms with Crippen molar-refractivity contribution in [3.8, 4) is 0 Å². The van der Waals surface area contributed by atoms with Crippen molar-refractivity contribution >= 4 is 65.7 Å². The summed E-state index contributed by atoms with van der Waals surface area (Å²) < 4.78 is 52.0. The number of ether oxygens (including phenoxy) is 4. The van der Waals surface area contributed by atoms with Crippen LogP contribution in [0.5, 0.6) is 0 Å². The lowest BCUT2D eigenvalue weighted by atomic mass is 10.1. The molecule has 3 aromatic heterocycles. The van der Waals surface area contributed by atoms with Crippen molar-refractivity contribution < 1.29 is 37.4 Å². The Morgan fingerprint density at radius 1 is 1.04 bits per heavy atom. The lowest BCUT2D eigenvalue weighted by Crippen LogP contribution is -2.38. The Bertz CT molecular complexity index is 2020. The number of H-pyrrole nitrogens is 1. The Morgan fingerprint density at radius 2 is 1.85 bits per heavy atom. The maximum atomic E-state index is 13.6. The highest BCUT2D eigenvalue weighted by Gasteiger charge is 2.46. The van der Waals surface area contributed by atoms with E-state index < -0.39 is 61.3 Å². The molecule has 3 aliphatic rings. The van der Waals surface area contributed by atoms with Crippen molar-refractivity contribution in [2.45, 2.75) is 62.7 Å². The van der Waals surface area contributed by atoms with Crippen molar-refractivity contribution in [3.63, 3.8) is 0 Å². The Labute approximate surface area is 276 Å². The number of carbonyl (C=O) groups is 1. The van der Waals surface area contributed by atoms with Crippen LogP contribution < -0.4 is 16.9 Å². The van der Waals surface area contributed by atoms with Crippen molar-refractivity contribution in [1.29, 1.82) is 0 Å². The standard InChI is InChI=1S/C27H30N7O10PS2/c1-12-3-2-4-14-20(12)24(36)33(10-29-14)19-6-15-17(43-19)8-40-45(38,47)44-16-5-13(7-39-26(37)18(9-46)42-15)41-25(16)34-11-30-21-22(34)31-27(28)32-23(21)35/h2-4,10-11,13,15-19,25,46H,5-9H2,1H3,(H,38,47)(H3,28,31,32,35)/t13-,15-,16?,17?,18?,19+,25+,45?/m0/s1. The molecule has 0 saturated carbocycles. The van der Waals surface area contributed by atoms with Crippen LogP contribution in [0.2, 0.25) is 0 Å². The number of benzene rings is 1. The smallest absolute Gasteiger partial charge is 0.386 e. The van der Waals surface area contributed by atoms with Crippen molar-refractivity contribution in [3.05, 3.63) is 57.1 Å². The number of nitrogens with two attached hydrogens (primary N) is 1. The molecular formula is C27H30N7O10PS2. The first kappa shape index (κ1) is 32.3. The summed E-state index contributed by atoms with van der Waals surface area (Å²) in [7, 11) is 0.